The Balaban J connectivity index is 2.60. The van der Waals surface area contributed by atoms with Crippen molar-refractivity contribution in [2.45, 2.75) is 25.8 Å². The molecule has 0 aliphatic rings. The van der Waals surface area contributed by atoms with Gasteiger partial charge in [-0.25, -0.2) is 8.78 Å². The Kier molecular flexibility index (Phi) is 4.03. The number of hydrogen-bond acceptors (Lipinski definition) is 2. The number of pyridine rings is 1. The number of rotatable bonds is 4. The monoisotopic (exact) mass is 250 g/mol. The quantitative estimate of drug-likeness (QED) is 0.829. The molecule has 7 heteroatoms. The molecule has 0 radical (unpaired) electrons. The maximum atomic E-state index is 12.5. The van der Waals surface area contributed by atoms with Crippen LogP contribution in [0.3, 0.4) is 0 Å². The second kappa shape index (κ2) is 5.11. The van der Waals surface area contributed by atoms with Crippen LogP contribution in [0.25, 0.3) is 0 Å². The summed E-state index contributed by atoms with van der Waals surface area (Å²) >= 11 is 0. The standard InChI is InChI=1S/C10H10F4N2O/c1-6-3-2-4-7(16-6)5-15-9(17)10(13,14)8(11)12/h2-4,8H,5H2,1H3,(H,15,17). The van der Waals surface area contributed by atoms with Gasteiger partial charge in [0.05, 0.1) is 12.2 Å². The van der Waals surface area contributed by atoms with Crippen molar-refractivity contribution in [3.8, 4) is 0 Å². The number of hydrogen-bond donors (Lipinski definition) is 1. The Bertz CT molecular complexity index is 409. The van der Waals surface area contributed by atoms with Gasteiger partial charge in [0, 0.05) is 5.69 Å². The number of halogens is 4. The summed E-state index contributed by atoms with van der Waals surface area (Å²) in [6.07, 6.45) is -4.02. The second-order valence-electron chi connectivity index (χ2n) is 3.38. The molecule has 0 aromatic carbocycles. The highest BCUT2D eigenvalue weighted by Crippen LogP contribution is 2.22. The number of nitrogens with one attached hydrogen (secondary N) is 1. The molecule has 0 atom stereocenters. The van der Waals surface area contributed by atoms with Gasteiger partial charge < -0.3 is 5.32 Å². The molecule has 0 fully saturated rings. The van der Waals surface area contributed by atoms with E-state index in [2.05, 4.69) is 4.98 Å². The number of aromatic nitrogens is 1. The van der Waals surface area contributed by atoms with Gasteiger partial charge in [0.2, 0.25) is 0 Å². The predicted molar refractivity (Wildman–Crippen MR) is 51.8 cm³/mol. The first-order valence-electron chi connectivity index (χ1n) is 4.71. The molecule has 0 aliphatic heterocycles. The van der Waals surface area contributed by atoms with Crippen molar-refractivity contribution in [3.63, 3.8) is 0 Å². The highest BCUT2D eigenvalue weighted by atomic mass is 19.3. The van der Waals surface area contributed by atoms with Gasteiger partial charge in [0.25, 0.3) is 5.91 Å². The van der Waals surface area contributed by atoms with Gasteiger partial charge >= 0.3 is 12.3 Å². The minimum absolute atomic E-state index is 0.317. The van der Waals surface area contributed by atoms with Crippen molar-refractivity contribution < 1.29 is 22.4 Å². The molecule has 0 spiro atoms. The summed E-state index contributed by atoms with van der Waals surface area (Å²) in [6.45, 7) is 1.36. The van der Waals surface area contributed by atoms with Gasteiger partial charge in [-0.3, -0.25) is 9.78 Å². The van der Waals surface area contributed by atoms with Crippen molar-refractivity contribution in [3.05, 3.63) is 29.6 Å². The molecule has 1 aromatic rings. The lowest BCUT2D eigenvalue weighted by Gasteiger charge is -2.14. The minimum Gasteiger partial charge on any atom is -0.345 e. The topological polar surface area (TPSA) is 42.0 Å². The molecule has 94 valence electrons. The lowest BCUT2D eigenvalue weighted by molar-refractivity contribution is -0.169. The zero-order chi connectivity index (χ0) is 13.1. The Morgan fingerprint density at radius 3 is 2.65 bits per heavy atom. The highest BCUT2D eigenvalue weighted by molar-refractivity contribution is 5.83. The number of alkyl halides is 4. The fraction of sp³-hybridized carbons (Fsp3) is 0.400. The fourth-order valence-electron chi connectivity index (χ4n) is 1.09. The Labute approximate surface area is 94.8 Å². The zero-order valence-corrected chi connectivity index (χ0v) is 8.88. The van der Waals surface area contributed by atoms with Gasteiger partial charge in [0.15, 0.2) is 0 Å². The predicted octanol–water partition coefficient (Wildman–Crippen LogP) is 1.91. The highest BCUT2D eigenvalue weighted by Gasteiger charge is 2.48. The molecule has 1 amide bonds. The lowest BCUT2D eigenvalue weighted by Crippen LogP contribution is -2.44. The van der Waals surface area contributed by atoms with E-state index in [9.17, 15) is 22.4 Å². The van der Waals surface area contributed by atoms with Crippen LogP contribution in [-0.2, 0) is 11.3 Å². The number of carbonyl (C=O) groups is 1. The smallest absolute Gasteiger partial charge is 0.345 e. The third-order valence-electron chi connectivity index (χ3n) is 1.95. The third-order valence-corrected chi connectivity index (χ3v) is 1.95. The average molecular weight is 250 g/mol. The van der Waals surface area contributed by atoms with Crippen LogP contribution in [0.15, 0.2) is 18.2 Å². The summed E-state index contributed by atoms with van der Waals surface area (Å²) in [7, 11) is 0. The number of nitrogens with zero attached hydrogens (tertiary/aromatic N) is 1. The van der Waals surface area contributed by atoms with Crippen molar-refractivity contribution in [1.82, 2.24) is 10.3 Å². The minimum atomic E-state index is -4.68. The zero-order valence-electron chi connectivity index (χ0n) is 8.88. The van der Waals surface area contributed by atoms with Crippen LogP contribution < -0.4 is 5.32 Å². The van der Waals surface area contributed by atoms with E-state index in [1.54, 1.807) is 24.4 Å². The third kappa shape index (κ3) is 3.40. The SMILES string of the molecule is Cc1cccc(CNC(=O)C(F)(F)C(F)F)n1. The van der Waals surface area contributed by atoms with Crippen LogP contribution in [0.1, 0.15) is 11.4 Å². The lowest BCUT2D eigenvalue weighted by atomic mass is 10.3. The van der Waals surface area contributed by atoms with Crippen LogP contribution in [0, 0.1) is 6.92 Å². The van der Waals surface area contributed by atoms with Crippen LogP contribution in [-0.4, -0.2) is 23.2 Å². The van der Waals surface area contributed by atoms with Gasteiger partial charge in [-0.2, -0.15) is 8.78 Å². The molecule has 3 nitrogen and oxygen atoms in total. The number of carbonyl (C=O) groups excluding carboxylic acids is 1. The summed E-state index contributed by atoms with van der Waals surface area (Å²) in [6, 6.07) is 4.79. The Morgan fingerprint density at radius 2 is 2.12 bits per heavy atom. The normalized spacial score (nSPS) is 11.6. The molecule has 0 bridgehead atoms. The molecule has 1 N–H and O–H groups in total. The van der Waals surface area contributed by atoms with Crippen molar-refractivity contribution in [2.24, 2.45) is 0 Å². The van der Waals surface area contributed by atoms with E-state index in [0.717, 1.165) is 0 Å². The first-order valence-corrected chi connectivity index (χ1v) is 4.71. The average Bonchev–Trinajstić information content (AvgIpc) is 2.25. The molecule has 17 heavy (non-hydrogen) atoms. The summed E-state index contributed by atoms with van der Waals surface area (Å²) < 4.78 is 48.7. The van der Waals surface area contributed by atoms with E-state index in [-0.39, 0.29) is 6.54 Å². The van der Waals surface area contributed by atoms with Gasteiger partial charge in [-0.1, -0.05) is 6.07 Å². The van der Waals surface area contributed by atoms with E-state index in [1.807, 2.05) is 0 Å². The van der Waals surface area contributed by atoms with E-state index in [0.29, 0.717) is 11.4 Å². The van der Waals surface area contributed by atoms with Crippen molar-refractivity contribution >= 4 is 5.91 Å². The summed E-state index contributed by atoms with van der Waals surface area (Å²) in [5, 5.41) is 1.72. The number of aryl methyl sites for hydroxylation is 1. The van der Waals surface area contributed by atoms with Crippen LogP contribution in [0.4, 0.5) is 17.6 Å². The first-order chi connectivity index (χ1) is 7.84. The number of amides is 1. The van der Waals surface area contributed by atoms with Gasteiger partial charge in [-0.05, 0) is 19.1 Å². The van der Waals surface area contributed by atoms with Crippen LogP contribution in [0.2, 0.25) is 0 Å². The van der Waals surface area contributed by atoms with E-state index >= 15 is 0 Å². The van der Waals surface area contributed by atoms with E-state index in [4.69, 9.17) is 0 Å². The largest absolute Gasteiger partial charge is 0.383 e. The first kappa shape index (κ1) is 13.4. The van der Waals surface area contributed by atoms with Crippen molar-refractivity contribution in [1.29, 1.82) is 0 Å². The molecule has 0 saturated carbocycles. The molecule has 0 saturated heterocycles. The summed E-state index contributed by atoms with van der Waals surface area (Å²) in [5.74, 6) is -6.68. The summed E-state index contributed by atoms with van der Waals surface area (Å²) in [5.41, 5.74) is 0.959. The van der Waals surface area contributed by atoms with E-state index < -0.39 is 18.3 Å². The molecule has 1 heterocycles. The van der Waals surface area contributed by atoms with Crippen LogP contribution >= 0.6 is 0 Å². The Morgan fingerprint density at radius 1 is 1.47 bits per heavy atom. The van der Waals surface area contributed by atoms with Gasteiger partial charge in [-0.15, -0.1) is 0 Å². The van der Waals surface area contributed by atoms with Crippen LogP contribution in [0.5, 0.6) is 0 Å². The Hall–Kier alpha value is -1.66. The molecule has 0 unspecified atom stereocenters. The molecule has 0 aliphatic carbocycles. The fourth-order valence-corrected chi connectivity index (χ4v) is 1.09. The maximum absolute atomic E-state index is 12.5. The second-order valence-corrected chi connectivity index (χ2v) is 3.38. The molecule has 1 aromatic heterocycles. The van der Waals surface area contributed by atoms with Crippen molar-refractivity contribution in [2.75, 3.05) is 0 Å². The van der Waals surface area contributed by atoms with Gasteiger partial charge in [0.1, 0.15) is 0 Å². The summed E-state index contributed by atoms with van der Waals surface area (Å²) in [4.78, 5) is 14.7. The maximum Gasteiger partial charge on any atom is 0.383 e. The molecular formula is C10H10F4N2O. The molecule has 1 rings (SSSR count). The molecular weight excluding hydrogens is 240 g/mol. The van der Waals surface area contributed by atoms with E-state index in [1.165, 1.54) is 6.07 Å².